The number of aldehydes is 1. The summed E-state index contributed by atoms with van der Waals surface area (Å²) in [5.74, 6) is 0.607. The highest BCUT2D eigenvalue weighted by molar-refractivity contribution is 7.13. The van der Waals surface area contributed by atoms with Gasteiger partial charge in [0.25, 0.3) is 0 Å². The van der Waals surface area contributed by atoms with Crippen LogP contribution in [-0.2, 0) is 12.8 Å². The molecule has 2 N–H and O–H groups in total. The van der Waals surface area contributed by atoms with E-state index >= 15 is 0 Å². The fourth-order valence-corrected chi connectivity index (χ4v) is 2.38. The molecule has 0 atom stereocenters. The van der Waals surface area contributed by atoms with Crippen molar-refractivity contribution >= 4 is 17.6 Å². The summed E-state index contributed by atoms with van der Waals surface area (Å²) < 4.78 is 0. The van der Waals surface area contributed by atoms with E-state index < -0.39 is 0 Å². The first-order valence-electron chi connectivity index (χ1n) is 5.18. The molecule has 0 aliphatic carbocycles. The second kappa shape index (κ2) is 7.54. The minimum Gasteiger partial charge on any atom is -0.333 e. The molecule has 0 radical (unpaired) electrons. The molecule has 0 amide bonds. The number of rotatable bonds is 4. The molecule has 4 heteroatoms. The Morgan fingerprint density at radius 1 is 1.47 bits per heavy atom. The van der Waals surface area contributed by atoms with Crippen molar-refractivity contribution in [2.75, 3.05) is 7.05 Å². The topological polar surface area (TPSA) is 56.0 Å². The zero-order valence-electron chi connectivity index (χ0n) is 9.91. The van der Waals surface area contributed by atoms with Gasteiger partial charge in [-0.2, -0.15) is 0 Å². The molecule has 0 saturated carbocycles. The van der Waals surface area contributed by atoms with Crippen LogP contribution in [0.4, 0.5) is 0 Å². The van der Waals surface area contributed by atoms with Gasteiger partial charge in [-0.25, -0.2) is 4.98 Å². The standard InChI is InChI=1S/C10H15NOS.CH5N/c1-4-8-9(6-12)13-10(11-8)5-7(2)3;1-2/h6-7H,4-5H2,1-3H3;2H2,1H3. The van der Waals surface area contributed by atoms with Gasteiger partial charge < -0.3 is 5.73 Å². The van der Waals surface area contributed by atoms with E-state index in [2.05, 4.69) is 24.6 Å². The number of carbonyl (C=O) groups excluding carboxylic acids is 1. The van der Waals surface area contributed by atoms with Gasteiger partial charge in [-0.3, -0.25) is 4.79 Å². The molecule has 0 saturated heterocycles. The van der Waals surface area contributed by atoms with Gasteiger partial charge in [0, 0.05) is 6.42 Å². The van der Waals surface area contributed by atoms with Crippen molar-refractivity contribution in [1.82, 2.24) is 4.98 Å². The Hall–Kier alpha value is -0.740. The number of hydrogen-bond donors (Lipinski definition) is 1. The van der Waals surface area contributed by atoms with Crippen LogP contribution in [0.1, 0.15) is 41.1 Å². The van der Waals surface area contributed by atoms with E-state index in [4.69, 9.17) is 0 Å². The zero-order chi connectivity index (χ0) is 11.8. The molecule has 1 rings (SSSR count). The van der Waals surface area contributed by atoms with Crippen LogP contribution >= 0.6 is 11.3 Å². The minimum atomic E-state index is 0.607. The molecule has 3 nitrogen and oxygen atoms in total. The molecule has 0 aliphatic heterocycles. The Morgan fingerprint density at radius 3 is 2.40 bits per heavy atom. The molecule has 0 unspecified atom stereocenters. The van der Waals surface area contributed by atoms with E-state index in [1.807, 2.05) is 6.92 Å². The largest absolute Gasteiger partial charge is 0.333 e. The fraction of sp³-hybridized carbons (Fsp3) is 0.636. The lowest BCUT2D eigenvalue weighted by atomic mass is 10.1. The Labute approximate surface area is 95.7 Å². The highest BCUT2D eigenvalue weighted by Gasteiger charge is 2.09. The molecule has 0 aliphatic rings. The van der Waals surface area contributed by atoms with Crippen LogP contribution in [0.15, 0.2) is 0 Å². The second-order valence-corrected chi connectivity index (χ2v) is 4.60. The highest BCUT2D eigenvalue weighted by Crippen LogP contribution is 2.19. The maximum Gasteiger partial charge on any atom is 0.161 e. The summed E-state index contributed by atoms with van der Waals surface area (Å²) in [4.78, 5) is 15.9. The summed E-state index contributed by atoms with van der Waals surface area (Å²) in [7, 11) is 1.50. The normalized spacial score (nSPS) is 9.73. The molecule has 0 fully saturated rings. The first-order valence-corrected chi connectivity index (χ1v) is 6.00. The summed E-state index contributed by atoms with van der Waals surface area (Å²) in [6.07, 6.45) is 2.74. The summed E-state index contributed by atoms with van der Waals surface area (Å²) in [5.41, 5.74) is 5.45. The molecular formula is C11H20N2OS. The van der Waals surface area contributed by atoms with Crippen LogP contribution in [0, 0.1) is 5.92 Å². The van der Waals surface area contributed by atoms with Gasteiger partial charge in [-0.1, -0.05) is 20.8 Å². The SMILES string of the molecule is CCc1nc(CC(C)C)sc1C=O.CN. The number of hydrogen-bond acceptors (Lipinski definition) is 4. The van der Waals surface area contributed by atoms with E-state index in [0.29, 0.717) is 5.92 Å². The summed E-state index contributed by atoms with van der Waals surface area (Å²) in [6.45, 7) is 6.35. The van der Waals surface area contributed by atoms with Gasteiger partial charge in [0.05, 0.1) is 15.6 Å². The van der Waals surface area contributed by atoms with Gasteiger partial charge in [-0.05, 0) is 19.4 Å². The van der Waals surface area contributed by atoms with Crippen LogP contribution < -0.4 is 5.73 Å². The smallest absolute Gasteiger partial charge is 0.161 e. The number of nitrogens with zero attached hydrogens (tertiary/aromatic N) is 1. The highest BCUT2D eigenvalue weighted by atomic mass is 32.1. The van der Waals surface area contributed by atoms with Gasteiger partial charge in [0.1, 0.15) is 0 Å². The van der Waals surface area contributed by atoms with E-state index in [1.165, 1.54) is 18.4 Å². The summed E-state index contributed by atoms with van der Waals surface area (Å²) >= 11 is 1.53. The minimum absolute atomic E-state index is 0.607. The Bertz CT molecular complexity index is 295. The number of aromatic nitrogens is 1. The molecule has 0 bridgehead atoms. The van der Waals surface area contributed by atoms with Crippen molar-refractivity contribution in [3.8, 4) is 0 Å². The monoisotopic (exact) mass is 228 g/mol. The van der Waals surface area contributed by atoms with Crippen molar-refractivity contribution in [2.45, 2.75) is 33.6 Å². The maximum absolute atomic E-state index is 10.7. The van der Waals surface area contributed by atoms with Crippen molar-refractivity contribution in [1.29, 1.82) is 0 Å². The van der Waals surface area contributed by atoms with Gasteiger partial charge in [0.2, 0.25) is 0 Å². The maximum atomic E-state index is 10.7. The predicted octanol–water partition coefficient (Wildman–Crippen LogP) is 2.29. The van der Waals surface area contributed by atoms with E-state index in [-0.39, 0.29) is 0 Å². The fourth-order valence-electron chi connectivity index (χ4n) is 1.20. The lowest BCUT2D eigenvalue weighted by Crippen LogP contribution is -1.93. The van der Waals surface area contributed by atoms with E-state index in [1.54, 1.807) is 0 Å². The average molecular weight is 228 g/mol. The second-order valence-electron chi connectivity index (χ2n) is 3.49. The molecule has 15 heavy (non-hydrogen) atoms. The Balaban J connectivity index is 0.000000921. The number of aryl methyl sites for hydroxylation is 1. The van der Waals surface area contributed by atoms with Gasteiger partial charge in [-0.15, -0.1) is 11.3 Å². The van der Waals surface area contributed by atoms with Crippen molar-refractivity contribution < 1.29 is 4.79 Å². The number of nitrogens with two attached hydrogens (primary N) is 1. The third-order valence-electron chi connectivity index (χ3n) is 1.80. The zero-order valence-corrected chi connectivity index (χ0v) is 10.7. The van der Waals surface area contributed by atoms with Gasteiger partial charge >= 0.3 is 0 Å². The lowest BCUT2D eigenvalue weighted by Gasteiger charge is -1.97. The molecule has 0 spiro atoms. The molecule has 1 aromatic heterocycles. The Kier molecular flexibility index (Phi) is 7.17. The van der Waals surface area contributed by atoms with Crippen molar-refractivity contribution in [2.24, 2.45) is 11.7 Å². The molecule has 86 valence electrons. The van der Waals surface area contributed by atoms with Crippen LogP contribution in [0.25, 0.3) is 0 Å². The molecule has 1 heterocycles. The van der Waals surface area contributed by atoms with Crippen LogP contribution in [-0.4, -0.2) is 18.3 Å². The third-order valence-corrected chi connectivity index (χ3v) is 2.84. The first kappa shape index (κ1) is 14.3. The van der Waals surface area contributed by atoms with Crippen molar-refractivity contribution in [3.63, 3.8) is 0 Å². The van der Waals surface area contributed by atoms with Gasteiger partial charge in [0.15, 0.2) is 6.29 Å². The first-order chi connectivity index (χ1) is 7.17. The van der Waals surface area contributed by atoms with Crippen LogP contribution in [0.2, 0.25) is 0 Å². The molecular weight excluding hydrogens is 208 g/mol. The molecule has 0 aromatic carbocycles. The quantitative estimate of drug-likeness (QED) is 0.804. The van der Waals surface area contributed by atoms with Crippen LogP contribution in [0.3, 0.4) is 0 Å². The number of carbonyl (C=O) groups is 1. The predicted molar refractivity (Wildman–Crippen MR) is 65.5 cm³/mol. The average Bonchev–Trinajstić information content (AvgIpc) is 2.62. The summed E-state index contributed by atoms with van der Waals surface area (Å²) in [5, 5.41) is 1.09. The van der Waals surface area contributed by atoms with E-state index in [0.717, 1.165) is 34.7 Å². The molecule has 1 aromatic rings. The third kappa shape index (κ3) is 4.53. The number of thiazole rings is 1. The Morgan fingerprint density at radius 2 is 2.07 bits per heavy atom. The van der Waals surface area contributed by atoms with E-state index in [9.17, 15) is 4.79 Å². The summed E-state index contributed by atoms with van der Waals surface area (Å²) in [6, 6.07) is 0. The van der Waals surface area contributed by atoms with Crippen LogP contribution in [0.5, 0.6) is 0 Å². The van der Waals surface area contributed by atoms with Crippen molar-refractivity contribution in [3.05, 3.63) is 15.6 Å². The lowest BCUT2D eigenvalue weighted by molar-refractivity contribution is 0.112.